The predicted octanol–water partition coefficient (Wildman–Crippen LogP) is 2.78. The molecule has 1 aromatic rings. The summed E-state index contributed by atoms with van der Waals surface area (Å²) < 4.78 is 0. The Morgan fingerprint density at radius 3 is 2.62 bits per heavy atom. The molecule has 0 fully saturated rings. The van der Waals surface area contributed by atoms with Crippen molar-refractivity contribution in [3.63, 3.8) is 0 Å². The minimum absolute atomic E-state index is 0.0554. The minimum Gasteiger partial charge on any atom is -0.368 e. The van der Waals surface area contributed by atoms with Crippen LogP contribution in [0.4, 0.5) is 0 Å². The first-order valence-electron chi connectivity index (χ1n) is 4.84. The first-order valence-corrected chi connectivity index (χ1v) is 6.06. The second-order valence-electron chi connectivity index (χ2n) is 3.26. The van der Waals surface area contributed by atoms with Gasteiger partial charge in [0, 0.05) is 6.04 Å². The number of hydrogen-bond donors (Lipinski definition) is 1. The standard InChI is InChI=1S/C11H14N2O2S/c1-9(10-6-4-3-5-7-10)12-11(16-2)8-13(14)15/h3-9,12H,1-2H3. The Hall–Kier alpha value is -1.49. The van der Waals surface area contributed by atoms with Crippen molar-refractivity contribution in [2.45, 2.75) is 13.0 Å². The Kier molecular flexibility index (Phi) is 4.85. The van der Waals surface area contributed by atoms with Crippen molar-refractivity contribution < 1.29 is 4.92 Å². The highest BCUT2D eigenvalue weighted by atomic mass is 32.2. The van der Waals surface area contributed by atoms with Crippen molar-refractivity contribution in [1.82, 2.24) is 5.32 Å². The van der Waals surface area contributed by atoms with Crippen LogP contribution < -0.4 is 5.32 Å². The third-order valence-electron chi connectivity index (χ3n) is 2.10. The number of nitro groups is 1. The van der Waals surface area contributed by atoms with E-state index in [1.807, 2.05) is 37.3 Å². The van der Waals surface area contributed by atoms with Gasteiger partial charge in [0.05, 0.1) is 4.92 Å². The summed E-state index contributed by atoms with van der Waals surface area (Å²) in [5.74, 6) is 0. The summed E-state index contributed by atoms with van der Waals surface area (Å²) >= 11 is 1.33. The zero-order chi connectivity index (χ0) is 12.0. The Morgan fingerprint density at radius 1 is 1.50 bits per heavy atom. The van der Waals surface area contributed by atoms with E-state index >= 15 is 0 Å². The molecule has 4 nitrogen and oxygen atoms in total. The van der Waals surface area contributed by atoms with Crippen LogP contribution in [0.1, 0.15) is 18.5 Å². The summed E-state index contributed by atoms with van der Waals surface area (Å²) in [5, 5.41) is 14.0. The van der Waals surface area contributed by atoms with E-state index < -0.39 is 4.92 Å². The van der Waals surface area contributed by atoms with Gasteiger partial charge in [-0.05, 0) is 18.7 Å². The van der Waals surface area contributed by atoms with Crippen LogP contribution in [0.15, 0.2) is 41.6 Å². The fourth-order valence-corrected chi connectivity index (χ4v) is 1.77. The molecule has 1 rings (SSSR count). The van der Waals surface area contributed by atoms with Gasteiger partial charge in [-0.25, -0.2) is 0 Å². The maximum absolute atomic E-state index is 10.4. The minimum atomic E-state index is -0.448. The summed E-state index contributed by atoms with van der Waals surface area (Å²) in [7, 11) is 0. The molecule has 0 heterocycles. The Morgan fingerprint density at radius 2 is 2.12 bits per heavy atom. The molecule has 0 bridgehead atoms. The second-order valence-corrected chi connectivity index (χ2v) is 4.11. The lowest BCUT2D eigenvalue weighted by atomic mass is 10.1. The topological polar surface area (TPSA) is 55.2 Å². The van der Waals surface area contributed by atoms with E-state index in [1.165, 1.54) is 11.8 Å². The SMILES string of the molecule is CSC(=C[N+](=O)[O-])NC(C)c1ccccc1. The van der Waals surface area contributed by atoms with Crippen LogP contribution in [0, 0.1) is 10.1 Å². The van der Waals surface area contributed by atoms with Crippen molar-refractivity contribution in [2.24, 2.45) is 0 Å². The van der Waals surface area contributed by atoms with Gasteiger partial charge < -0.3 is 5.32 Å². The van der Waals surface area contributed by atoms with Gasteiger partial charge in [0.1, 0.15) is 5.03 Å². The number of hydrogen-bond acceptors (Lipinski definition) is 4. The quantitative estimate of drug-likeness (QED) is 0.633. The van der Waals surface area contributed by atoms with Crippen LogP contribution in [0.3, 0.4) is 0 Å². The van der Waals surface area contributed by atoms with Crippen LogP contribution in [0.25, 0.3) is 0 Å². The Balaban J connectivity index is 2.70. The maximum Gasteiger partial charge on any atom is 0.263 e. The number of rotatable bonds is 5. The average Bonchev–Trinajstić information content (AvgIpc) is 2.28. The largest absolute Gasteiger partial charge is 0.368 e. The van der Waals surface area contributed by atoms with Gasteiger partial charge in [-0.15, -0.1) is 11.8 Å². The van der Waals surface area contributed by atoms with Crippen molar-refractivity contribution in [3.05, 3.63) is 57.2 Å². The van der Waals surface area contributed by atoms with Gasteiger partial charge in [0.15, 0.2) is 0 Å². The van der Waals surface area contributed by atoms with Gasteiger partial charge in [-0.3, -0.25) is 10.1 Å². The van der Waals surface area contributed by atoms with Crippen LogP contribution in [-0.2, 0) is 0 Å². The number of thioether (sulfide) groups is 1. The molecule has 0 amide bonds. The summed E-state index contributed by atoms with van der Waals surface area (Å²) in [5.41, 5.74) is 1.10. The highest BCUT2D eigenvalue weighted by molar-refractivity contribution is 8.02. The highest BCUT2D eigenvalue weighted by Gasteiger charge is 2.08. The Labute approximate surface area is 98.9 Å². The predicted molar refractivity (Wildman–Crippen MR) is 66.6 cm³/mol. The van der Waals surface area contributed by atoms with E-state index in [-0.39, 0.29) is 6.04 Å². The van der Waals surface area contributed by atoms with Crippen molar-refractivity contribution in [2.75, 3.05) is 6.26 Å². The third kappa shape index (κ3) is 3.94. The van der Waals surface area contributed by atoms with Crippen LogP contribution in [0.5, 0.6) is 0 Å². The molecule has 0 saturated heterocycles. The van der Waals surface area contributed by atoms with Crippen molar-refractivity contribution in [1.29, 1.82) is 0 Å². The molecular weight excluding hydrogens is 224 g/mol. The first-order chi connectivity index (χ1) is 7.63. The molecule has 86 valence electrons. The van der Waals surface area contributed by atoms with E-state index in [4.69, 9.17) is 0 Å². The van der Waals surface area contributed by atoms with Gasteiger partial charge in [0.2, 0.25) is 0 Å². The zero-order valence-corrected chi connectivity index (χ0v) is 10.0. The summed E-state index contributed by atoms with van der Waals surface area (Å²) in [6.45, 7) is 1.97. The molecule has 5 heteroatoms. The zero-order valence-electron chi connectivity index (χ0n) is 9.21. The summed E-state index contributed by atoms with van der Waals surface area (Å²) in [6, 6.07) is 9.87. The van der Waals surface area contributed by atoms with E-state index in [2.05, 4.69) is 5.32 Å². The number of nitrogens with zero attached hydrogens (tertiary/aromatic N) is 1. The molecule has 0 saturated carbocycles. The van der Waals surface area contributed by atoms with Gasteiger partial charge >= 0.3 is 0 Å². The van der Waals surface area contributed by atoms with Crippen LogP contribution in [0.2, 0.25) is 0 Å². The lowest BCUT2D eigenvalue weighted by Gasteiger charge is -2.15. The van der Waals surface area contributed by atoms with Gasteiger partial charge in [-0.1, -0.05) is 30.3 Å². The molecule has 0 spiro atoms. The van der Waals surface area contributed by atoms with Crippen LogP contribution >= 0.6 is 11.8 Å². The number of benzene rings is 1. The normalized spacial score (nSPS) is 13.2. The lowest BCUT2D eigenvalue weighted by Crippen LogP contribution is -2.17. The van der Waals surface area contributed by atoms with E-state index in [9.17, 15) is 10.1 Å². The molecule has 0 radical (unpaired) electrons. The molecule has 1 unspecified atom stereocenters. The molecule has 0 aliphatic heterocycles. The van der Waals surface area contributed by atoms with Crippen molar-refractivity contribution >= 4 is 11.8 Å². The highest BCUT2D eigenvalue weighted by Crippen LogP contribution is 2.17. The monoisotopic (exact) mass is 238 g/mol. The maximum atomic E-state index is 10.4. The molecule has 1 aromatic carbocycles. The third-order valence-corrected chi connectivity index (χ3v) is 2.76. The molecule has 16 heavy (non-hydrogen) atoms. The molecule has 0 aliphatic rings. The van der Waals surface area contributed by atoms with E-state index in [1.54, 1.807) is 6.26 Å². The first kappa shape index (κ1) is 12.6. The lowest BCUT2D eigenvalue weighted by molar-refractivity contribution is -0.403. The smallest absolute Gasteiger partial charge is 0.263 e. The molecule has 0 aliphatic carbocycles. The van der Waals surface area contributed by atoms with E-state index in [0.29, 0.717) is 5.03 Å². The molecular formula is C11H14N2O2S. The summed E-state index contributed by atoms with van der Waals surface area (Å²) in [4.78, 5) is 9.91. The molecule has 0 aromatic heterocycles. The van der Waals surface area contributed by atoms with Crippen LogP contribution in [-0.4, -0.2) is 11.2 Å². The average molecular weight is 238 g/mol. The number of nitrogens with one attached hydrogen (secondary N) is 1. The second kappa shape index (κ2) is 6.17. The van der Waals surface area contributed by atoms with E-state index in [0.717, 1.165) is 11.8 Å². The molecule has 1 N–H and O–H groups in total. The summed E-state index contributed by atoms with van der Waals surface area (Å²) in [6.07, 6.45) is 2.80. The fraction of sp³-hybridized carbons (Fsp3) is 0.273. The van der Waals surface area contributed by atoms with Gasteiger partial charge in [0.25, 0.3) is 6.20 Å². The Bertz CT molecular complexity index is 379. The molecule has 1 atom stereocenters. The van der Waals surface area contributed by atoms with Crippen molar-refractivity contribution in [3.8, 4) is 0 Å². The fourth-order valence-electron chi connectivity index (χ4n) is 1.28. The van der Waals surface area contributed by atoms with Gasteiger partial charge in [-0.2, -0.15) is 0 Å².